The molecule has 0 spiro atoms. The fraction of sp³-hybridized carbons (Fsp3) is 0.625. The number of hydrogen-bond acceptors (Lipinski definition) is 3. The number of ether oxygens (including phenoxy) is 2. The predicted molar refractivity (Wildman–Crippen MR) is 73.3 cm³/mol. The first-order valence-corrected chi connectivity index (χ1v) is 7.37. The molecular weight excluding hydrogens is 240 g/mol. The lowest BCUT2D eigenvalue weighted by Gasteiger charge is -2.25. The molecule has 1 saturated heterocycles. The van der Waals surface area contributed by atoms with Crippen molar-refractivity contribution in [2.24, 2.45) is 0 Å². The molecule has 0 radical (unpaired) electrons. The molecule has 1 aromatic rings. The molecule has 1 heterocycles. The van der Waals surface area contributed by atoms with Crippen LogP contribution in [0.1, 0.15) is 50.2 Å². The Kier molecular flexibility index (Phi) is 4.04. The Morgan fingerprint density at radius 3 is 2.89 bits per heavy atom. The number of benzene rings is 1. The minimum atomic E-state index is -0.453. The van der Waals surface area contributed by atoms with Gasteiger partial charge >= 0.3 is 0 Å². The van der Waals surface area contributed by atoms with E-state index < -0.39 is 6.10 Å². The third kappa shape index (κ3) is 3.71. The van der Waals surface area contributed by atoms with E-state index in [9.17, 15) is 5.11 Å². The van der Waals surface area contributed by atoms with Crippen LogP contribution in [0.3, 0.4) is 0 Å². The quantitative estimate of drug-likeness (QED) is 0.885. The molecule has 3 nitrogen and oxygen atoms in total. The summed E-state index contributed by atoms with van der Waals surface area (Å²) >= 11 is 0. The lowest BCUT2D eigenvalue weighted by molar-refractivity contribution is -0.0155. The Hall–Kier alpha value is -1.06. The number of hydrogen-bond donors (Lipinski definition) is 1. The zero-order valence-electron chi connectivity index (χ0n) is 11.3. The lowest BCUT2D eigenvalue weighted by atomic mass is 9.99. The summed E-state index contributed by atoms with van der Waals surface area (Å²) in [5.41, 5.74) is 0.937. The van der Waals surface area contributed by atoms with Crippen molar-refractivity contribution in [2.75, 3.05) is 6.61 Å². The molecule has 2 atom stereocenters. The zero-order valence-corrected chi connectivity index (χ0v) is 11.3. The molecule has 104 valence electrons. The van der Waals surface area contributed by atoms with E-state index in [0.29, 0.717) is 12.5 Å². The minimum Gasteiger partial charge on any atom is -0.490 e. The Morgan fingerprint density at radius 1 is 1.26 bits per heavy atom. The first-order valence-electron chi connectivity index (χ1n) is 7.37. The van der Waals surface area contributed by atoms with E-state index in [2.05, 4.69) is 0 Å². The summed E-state index contributed by atoms with van der Waals surface area (Å²) < 4.78 is 11.4. The van der Waals surface area contributed by atoms with Crippen LogP contribution in [0.5, 0.6) is 5.75 Å². The average molecular weight is 262 g/mol. The third-order valence-corrected chi connectivity index (χ3v) is 3.83. The van der Waals surface area contributed by atoms with Gasteiger partial charge in [-0.05, 0) is 49.8 Å². The van der Waals surface area contributed by atoms with E-state index in [1.165, 1.54) is 6.42 Å². The summed E-state index contributed by atoms with van der Waals surface area (Å²) in [6.07, 6.45) is 6.57. The molecule has 1 saturated carbocycles. The van der Waals surface area contributed by atoms with Crippen LogP contribution in [0.15, 0.2) is 24.3 Å². The SMILES string of the molecule is OC(CC1CCCCO1)c1cccc(OC2CC2)c1. The summed E-state index contributed by atoms with van der Waals surface area (Å²) in [6, 6.07) is 7.85. The standard InChI is InChI=1S/C16H22O3/c17-16(11-14-5-1-2-9-18-14)12-4-3-6-15(10-12)19-13-7-8-13/h3-4,6,10,13-14,16-17H,1-2,5,7-9,11H2. The highest BCUT2D eigenvalue weighted by atomic mass is 16.5. The van der Waals surface area contributed by atoms with E-state index in [1.807, 2.05) is 24.3 Å². The minimum absolute atomic E-state index is 0.205. The van der Waals surface area contributed by atoms with Crippen LogP contribution >= 0.6 is 0 Å². The Labute approximate surface area is 114 Å². The van der Waals surface area contributed by atoms with Crippen molar-refractivity contribution in [1.82, 2.24) is 0 Å². The molecule has 19 heavy (non-hydrogen) atoms. The number of aliphatic hydroxyl groups is 1. The van der Waals surface area contributed by atoms with Gasteiger partial charge in [-0.3, -0.25) is 0 Å². The maximum absolute atomic E-state index is 10.3. The first kappa shape index (κ1) is 12.9. The van der Waals surface area contributed by atoms with E-state index >= 15 is 0 Å². The van der Waals surface area contributed by atoms with Gasteiger partial charge < -0.3 is 14.6 Å². The van der Waals surface area contributed by atoms with E-state index in [1.54, 1.807) is 0 Å². The first-order chi connectivity index (χ1) is 9.31. The van der Waals surface area contributed by atoms with Crippen LogP contribution in [-0.4, -0.2) is 23.9 Å². The van der Waals surface area contributed by atoms with Crippen LogP contribution in [0.4, 0.5) is 0 Å². The summed E-state index contributed by atoms with van der Waals surface area (Å²) in [5, 5.41) is 10.3. The molecule has 0 bridgehead atoms. The topological polar surface area (TPSA) is 38.7 Å². The van der Waals surface area contributed by atoms with Gasteiger partial charge in [0.1, 0.15) is 5.75 Å². The fourth-order valence-corrected chi connectivity index (χ4v) is 2.55. The monoisotopic (exact) mass is 262 g/mol. The van der Waals surface area contributed by atoms with Crippen LogP contribution in [0.25, 0.3) is 0 Å². The highest BCUT2D eigenvalue weighted by molar-refractivity contribution is 5.30. The van der Waals surface area contributed by atoms with Crippen molar-refractivity contribution >= 4 is 0 Å². The Bertz CT molecular complexity index is 408. The van der Waals surface area contributed by atoms with Crippen molar-refractivity contribution in [3.05, 3.63) is 29.8 Å². The largest absolute Gasteiger partial charge is 0.490 e. The van der Waals surface area contributed by atoms with Crippen molar-refractivity contribution < 1.29 is 14.6 Å². The Morgan fingerprint density at radius 2 is 2.16 bits per heavy atom. The van der Waals surface area contributed by atoms with Gasteiger partial charge in [-0.2, -0.15) is 0 Å². The van der Waals surface area contributed by atoms with E-state index in [4.69, 9.17) is 9.47 Å². The summed E-state index contributed by atoms with van der Waals surface area (Å²) in [7, 11) is 0. The van der Waals surface area contributed by atoms with Gasteiger partial charge in [0, 0.05) is 13.0 Å². The Balaban J connectivity index is 1.59. The molecule has 2 aliphatic rings. The van der Waals surface area contributed by atoms with Crippen LogP contribution in [0.2, 0.25) is 0 Å². The van der Waals surface area contributed by atoms with Gasteiger partial charge in [-0.25, -0.2) is 0 Å². The number of rotatable bonds is 5. The van der Waals surface area contributed by atoms with E-state index in [0.717, 1.165) is 43.6 Å². The smallest absolute Gasteiger partial charge is 0.120 e. The van der Waals surface area contributed by atoms with Gasteiger partial charge in [0.25, 0.3) is 0 Å². The molecule has 1 aromatic carbocycles. The fourth-order valence-electron chi connectivity index (χ4n) is 2.55. The molecule has 2 fully saturated rings. The highest BCUT2D eigenvalue weighted by Crippen LogP contribution is 2.30. The van der Waals surface area contributed by atoms with Crippen molar-refractivity contribution in [2.45, 2.75) is 56.8 Å². The molecular formula is C16H22O3. The van der Waals surface area contributed by atoms with E-state index in [-0.39, 0.29) is 6.10 Å². The molecule has 2 unspecified atom stereocenters. The maximum atomic E-state index is 10.3. The molecule has 0 amide bonds. The molecule has 3 heteroatoms. The van der Waals surface area contributed by atoms with Crippen LogP contribution in [-0.2, 0) is 4.74 Å². The third-order valence-electron chi connectivity index (χ3n) is 3.83. The second kappa shape index (κ2) is 5.93. The maximum Gasteiger partial charge on any atom is 0.120 e. The molecule has 3 rings (SSSR count). The van der Waals surface area contributed by atoms with Gasteiger partial charge in [-0.15, -0.1) is 0 Å². The predicted octanol–water partition coefficient (Wildman–Crippen LogP) is 3.22. The zero-order chi connectivity index (χ0) is 13.1. The second-order valence-corrected chi connectivity index (χ2v) is 5.63. The van der Waals surface area contributed by atoms with Crippen LogP contribution < -0.4 is 4.74 Å². The van der Waals surface area contributed by atoms with Gasteiger partial charge in [0.05, 0.1) is 18.3 Å². The molecule has 0 aromatic heterocycles. The molecule has 1 N–H and O–H groups in total. The number of aliphatic hydroxyl groups excluding tert-OH is 1. The second-order valence-electron chi connectivity index (χ2n) is 5.63. The summed E-state index contributed by atoms with van der Waals surface area (Å²) in [5.74, 6) is 0.878. The van der Waals surface area contributed by atoms with Gasteiger partial charge in [-0.1, -0.05) is 12.1 Å². The summed E-state index contributed by atoms with van der Waals surface area (Å²) in [6.45, 7) is 0.836. The molecule has 1 aliphatic carbocycles. The van der Waals surface area contributed by atoms with Crippen molar-refractivity contribution in [3.8, 4) is 5.75 Å². The van der Waals surface area contributed by atoms with Crippen molar-refractivity contribution in [3.63, 3.8) is 0 Å². The lowest BCUT2D eigenvalue weighted by Crippen LogP contribution is -2.21. The highest BCUT2D eigenvalue weighted by Gasteiger charge is 2.24. The van der Waals surface area contributed by atoms with Crippen LogP contribution in [0, 0.1) is 0 Å². The average Bonchev–Trinajstić information content (AvgIpc) is 3.24. The normalized spacial score (nSPS) is 25.0. The summed E-state index contributed by atoms with van der Waals surface area (Å²) in [4.78, 5) is 0. The van der Waals surface area contributed by atoms with Gasteiger partial charge in [0.2, 0.25) is 0 Å². The van der Waals surface area contributed by atoms with Gasteiger partial charge in [0.15, 0.2) is 0 Å². The van der Waals surface area contributed by atoms with Crippen molar-refractivity contribution in [1.29, 1.82) is 0 Å². The molecule has 1 aliphatic heterocycles.